The van der Waals surface area contributed by atoms with E-state index in [1.165, 1.54) is 19.3 Å². The van der Waals surface area contributed by atoms with Gasteiger partial charge in [0.05, 0.1) is 0 Å². The van der Waals surface area contributed by atoms with E-state index >= 15 is 0 Å². The molecule has 1 saturated carbocycles. The van der Waals surface area contributed by atoms with Gasteiger partial charge in [-0.3, -0.25) is 4.79 Å². The zero-order valence-electron chi connectivity index (χ0n) is 10.1. The molecule has 0 aliphatic heterocycles. The lowest BCUT2D eigenvalue weighted by molar-refractivity contribution is 0.0927. The van der Waals surface area contributed by atoms with Crippen LogP contribution in [0.5, 0.6) is 0 Å². The van der Waals surface area contributed by atoms with Gasteiger partial charge in [0.15, 0.2) is 0 Å². The van der Waals surface area contributed by atoms with Gasteiger partial charge in [0, 0.05) is 11.6 Å². The Labute approximate surface area is 111 Å². The van der Waals surface area contributed by atoms with E-state index in [0.29, 0.717) is 11.4 Å². The van der Waals surface area contributed by atoms with Gasteiger partial charge in [0.25, 0.3) is 5.91 Å². The van der Waals surface area contributed by atoms with Crippen molar-refractivity contribution in [1.82, 2.24) is 10.3 Å². The molecule has 1 heterocycles. The summed E-state index contributed by atoms with van der Waals surface area (Å²) >= 11 is 5.83. The number of carbonyl (C=O) groups excluding carboxylic acids is 1. The van der Waals surface area contributed by atoms with Crippen LogP contribution in [0.25, 0.3) is 0 Å². The van der Waals surface area contributed by atoms with Crippen LogP contribution in [-0.2, 0) is 0 Å². The van der Waals surface area contributed by atoms with Gasteiger partial charge in [0.2, 0.25) is 0 Å². The summed E-state index contributed by atoms with van der Waals surface area (Å²) in [7, 11) is 0. The van der Waals surface area contributed by atoms with Gasteiger partial charge in [-0.25, -0.2) is 10.8 Å². The number of hydrogen-bond donors (Lipinski definition) is 3. The standard InChI is InChI=1S/C12H17ClN4O/c13-10-6-8(7-11(16-10)17-14)12(18)15-9-4-2-1-3-5-9/h6-7,9H,1-5,14H2,(H,15,18)(H,16,17). The van der Waals surface area contributed by atoms with E-state index < -0.39 is 0 Å². The number of nitrogen functional groups attached to an aromatic ring is 1. The number of anilines is 1. The molecule has 1 aromatic rings. The lowest BCUT2D eigenvalue weighted by atomic mass is 9.95. The number of halogens is 1. The number of aromatic nitrogens is 1. The Morgan fingerprint density at radius 2 is 2.06 bits per heavy atom. The number of pyridine rings is 1. The first-order chi connectivity index (χ1) is 8.69. The highest BCUT2D eigenvalue weighted by Crippen LogP contribution is 2.19. The van der Waals surface area contributed by atoms with Gasteiger partial charge in [-0.1, -0.05) is 30.9 Å². The highest BCUT2D eigenvalue weighted by molar-refractivity contribution is 6.29. The average molecular weight is 269 g/mol. The molecule has 1 fully saturated rings. The molecule has 0 spiro atoms. The summed E-state index contributed by atoms with van der Waals surface area (Å²) in [5, 5.41) is 3.27. The monoisotopic (exact) mass is 268 g/mol. The van der Waals surface area contributed by atoms with Crippen LogP contribution in [0.2, 0.25) is 5.15 Å². The Kier molecular flexibility index (Phi) is 4.38. The van der Waals surface area contributed by atoms with Crippen molar-refractivity contribution in [2.75, 3.05) is 5.43 Å². The molecular formula is C12H17ClN4O. The van der Waals surface area contributed by atoms with Gasteiger partial charge in [0.1, 0.15) is 11.0 Å². The van der Waals surface area contributed by atoms with E-state index in [2.05, 4.69) is 15.7 Å². The number of nitrogens with one attached hydrogen (secondary N) is 2. The molecule has 18 heavy (non-hydrogen) atoms. The summed E-state index contributed by atoms with van der Waals surface area (Å²) in [5.41, 5.74) is 2.87. The molecule has 98 valence electrons. The molecular weight excluding hydrogens is 252 g/mol. The minimum atomic E-state index is -0.122. The Hall–Kier alpha value is -1.33. The Morgan fingerprint density at radius 3 is 2.72 bits per heavy atom. The summed E-state index contributed by atoms with van der Waals surface area (Å²) in [5.74, 6) is 5.53. The summed E-state index contributed by atoms with van der Waals surface area (Å²) in [6.45, 7) is 0. The van der Waals surface area contributed by atoms with Crippen molar-refractivity contribution in [3.05, 3.63) is 22.8 Å². The van der Waals surface area contributed by atoms with Gasteiger partial charge in [-0.15, -0.1) is 0 Å². The zero-order chi connectivity index (χ0) is 13.0. The van der Waals surface area contributed by atoms with Crippen LogP contribution in [0.3, 0.4) is 0 Å². The molecule has 1 aliphatic rings. The maximum absolute atomic E-state index is 12.1. The van der Waals surface area contributed by atoms with Crippen LogP contribution >= 0.6 is 11.6 Å². The van der Waals surface area contributed by atoms with Crippen molar-refractivity contribution in [2.24, 2.45) is 5.84 Å². The molecule has 0 saturated heterocycles. The van der Waals surface area contributed by atoms with Crippen LogP contribution in [0.15, 0.2) is 12.1 Å². The largest absolute Gasteiger partial charge is 0.349 e. The second-order valence-corrected chi connectivity index (χ2v) is 4.90. The third kappa shape index (κ3) is 3.34. The van der Waals surface area contributed by atoms with E-state index in [-0.39, 0.29) is 17.1 Å². The molecule has 0 radical (unpaired) electrons. The smallest absolute Gasteiger partial charge is 0.251 e. The lowest BCUT2D eigenvalue weighted by Gasteiger charge is -2.22. The minimum absolute atomic E-state index is 0.122. The van der Waals surface area contributed by atoms with E-state index in [1.807, 2.05) is 0 Å². The third-order valence-corrected chi connectivity index (χ3v) is 3.34. The molecule has 1 amide bonds. The maximum Gasteiger partial charge on any atom is 0.251 e. The minimum Gasteiger partial charge on any atom is -0.349 e. The molecule has 0 unspecified atom stereocenters. The van der Waals surface area contributed by atoms with E-state index in [4.69, 9.17) is 17.4 Å². The number of amides is 1. The quantitative estimate of drug-likeness (QED) is 0.445. The first-order valence-electron chi connectivity index (χ1n) is 6.14. The van der Waals surface area contributed by atoms with Gasteiger partial charge < -0.3 is 10.7 Å². The number of nitrogens with two attached hydrogens (primary N) is 1. The molecule has 5 nitrogen and oxygen atoms in total. The van der Waals surface area contributed by atoms with E-state index in [0.717, 1.165) is 12.8 Å². The van der Waals surface area contributed by atoms with Crippen LogP contribution in [0, 0.1) is 0 Å². The SMILES string of the molecule is NNc1cc(C(=O)NC2CCCCC2)cc(Cl)n1. The zero-order valence-corrected chi connectivity index (χ0v) is 10.8. The van der Waals surface area contributed by atoms with Crippen molar-refractivity contribution < 1.29 is 4.79 Å². The maximum atomic E-state index is 12.1. The number of nitrogens with zero attached hydrogens (tertiary/aromatic N) is 1. The second kappa shape index (κ2) is 6.02. The Morgan fingerprint density at radius 1 is 1.33 bits per heavy atom. The molecule has 4 N–H and O–H groups in total. The fourth-order valence-electron chi connectivity index (χ4n) is 2.22. The molecule has 6 heteroatoms. The van der Waals surface area contributed by atoms with Crippen molar-refractivity contribution >= 4 is 23.3 Å². The number of carbonyl (C=O) groups is 1. The lowest BCUT2D eigenvalue weighted by Crippen LogP contribution is -2.36. The summed E-state index contributed by atoms with van der Waals surface area (Å²) < 4.78 is 0. The summed E-state index contributed by atoms with van der Waals surface area (Å²) in [6, 6.07) is 3.40. The van der Waals surface area contributed by atoms with Gasteiger partial charge in [-0.05, 0) is 25.0 Å². The van der Waals surface area contributed by atoms with Crippen LogP contribution < -0.4 is 16.6 Å². The fraction of sp³-hybridized carbons (Fsp3) is 0.500. The first-order valence-corrected chi connectivity index (χ1v) is 6.52. The normalized spacial score (nSPS) is 16.3. The molecule has 0 aromatic carbocycles. The van der Waals surface area contributed by atoms with Crippen LogP contribution in [0.4, 0.5) is 5.82 Å². The Balaban J connectivity index is 2.05. The van der Waals surface area contributed by atoms with Crippen molar-refractivity contribution in [2.45, 2.75) is 38.1 Å². The first kappa shape index (κ1) is 13.1. The summed E-state index contributed by atoms with van der Waals surface area (Å²) in [4.78, 5) is 16.0. The third-order valence-electron chi connectivity index (χ3n) is 3.14. The highest BCUT2D eigenvalue weighted by Gasteiger charge is 2.17. The number of rotatable bonds is 3. The van der Waals surface area contributed by atoms with Gasteiger partial charge >= 0.3 is 0 Å². The summed E-state index contributed by atoms with van der Waals surface area (Å²) in [6.07, 6.45) is 5.71. The van der Waals surface area contributed by atoms with E-state index in [1.54, 1.807) is 12.1 Å². The van der Waals surface area contributed by atoms with Gasteiger partial charge in [-0.2, -0.15) is 0 Å². The molecule has 2 rings (SSSR count). The predicted octanol–water partition coefficient (Wildman–Crippen LogP) is 2.08. The topological polar surface area (TPSA) is 80.0 Å². The molecule has 1 aromatic heterocycles. The fourth-order valence-corrected chi connectivity index (χ4v) is 2.43. The highest BCUT2D eigenvalue weighted by atomic mass is 35.5. The van der Waals surface area contributed by atoms with Crippen molar-refractivity contribution in [3.63, 3.8) is 0 Å². The van der Waals surface area contributed by atoms with Crippen molar-refractivity contribution in [1.29, 1.82) is 0 Å². The van der Waals surface area contributed by atoms with E-state index in [9.17, 15) is 4.79 Å². The predicted molar refractivity (Wildman–Crippen MR) is 71.4 cm³/mol. The van der Waals surface area contributed by atoms with Crippen LogP contribution in [0.1, 0.15) is 42.5 Å². The molecule has 0 atom stereocenters. The molecule has 0 bridgehead atoms. The average Bonchev–Trinajstić information content (AvgIpc) is 2.39. The Bertz CT molecular complexity index is 432. The van der Waals surface area contributed by atoms with Crippen molar-refractivity contribution in [3.8, 4) is 0 Å². The second-order valence-electron chi connectivity index (χ2n) is 4.52. The number of hydrazine groups is 1. The molecule has 1 aliphatic carbocycles. The number of hydrogen-bond acceptors (Lipinski definition) is 4. The van der Waals surface area contributed by atoms with Crippen LogP contribution in [-0.4, -0.2) is 16.9 Å².